The predicted octanol–water partition coefficient (Wildman–Crippen LogP) is 0.821. The highest BCUT2D eigenvalue weighted by atomic mass is 19.1. The maximum atomic E-state index is 14.1. The quantitative estimate of drug-likeness (QED) is 0.713. The number of carbonyl (C=O) groups excluding carboxylic acids is 1. The number of nitrogens with zero attached hydrogens (tertiary/aromatic N) is 1. The van der Waals surface area contributed by atoms with Crippen LogP contribution in [0.4, 0.5) is 15.8 Å². The van der Waals surface area contributed by atoms with E-state index in [1.807, 2.05) is 6.92 Å². The van der Waals surface area contributed by atoms with E-state index in [0.717, 1.165) is 6.07 Å². The molecular formula is C13H16FN3O3. The van der Waals surface area contributed by atoms with Crippen molar-refractivity contribution in [3.05, 3.63) is 23.5 Å². The summed E-state index contributed by atoms with van der Waals surface area (Å²) in [6.45, 7) is 2.63. The lowest BCUT2D eigenvalue weighted by atomic mass is 10.1. The van der Waals surface area contributed by atoms with E-state index in [9.17, 15) is 14.0 Å². The number of carboxylic acid groups (broad SMARTS) is 1. The van der Waals surface area contributed by atoms with Crippen molar-refractivity contribution in [2.45, 2.75) is 19.4 Å². The van der Waals surface area contributed by atoms with Crippen molar-refractivity contribution in [2.24, 2.45) is 0 Å². The summed E-state index contributed by atoms with van der Waals surface area (Å²) >= 11 is 0. The van der Waals surface area contributed by atoms with Crippen molar-refractivity contribution in [3.63, 3.8) is 0 Å². The fourth-order valence-electron chi connectivity index (χ4n) is 2.39. The zero-order valence-electron chi connectivity index (χ0n) is 11.0. The molecule has 108 valence electrons. The van der Waals surface area contributed by atoms with Gasteiger partial charge in [0.15, 0.2) is 0 Å². The third kappa shape index (κ3) is 2.38. The van der Waals surface area contributed by atoms with Gasteiger partial charge in [0.25, 0.3) is 0 Å². The van der Waals surface area contributed by atoms with E-state index in [1.54, 1.807) is 4.90 Å². The SMILES string of the molecule is CCC1C(=O)NCCN1c1cc(C(=O)O)c(N)cc1F. The Labute approximate surface area is 115 Å². The molecule has 1 saturated heterocycles. The molecule has 2 rings (SSSR count). The second-order valence-electron chi connectivity index (χ2n) is 4.60. The number of amides is 1. The summed E-state index contributed by atoms with van der Waals surface area (Å²) in [4.78, 5) is 24.5. The largest absolute Gasteiger partial charge is 0.478 e. The van der Waals surface area contributed by atoms with Crippen LogP contribution in [0.5, 0.6) is 0 Å². The van der Waals surface area contributed by atoms with E-state index in [4.69, 9.17) is 10.8 Å². The highest BCUT2D eigenvalue weighted by molar-refractivity contribution is 5.95. The maximum Gasteiger partial charge on any atom is 0.337 e. The average molecular weight is 281 g/mol. The number of aromatic carboxylic acids is 1. The second-order valence-corrected chi connectivity index (χ2v) is 4.60. The Morgan fingerprint density at radius 3 is 2.90 bits per heavy atom. The number of rotatable bonds is 3. The molecule has 1 aliphatic rings. The van der Waals surface area contributed by atoms with Crippen LogP contribution in [0.25, 0.3) is 0 Å². The van der Waals surface area contributed by atoms with Crippen molar-refractivity contribution in [1.82, 2.24) is 5.32 Å². The number of anilines is 2. The van der Waals surface area contributed by atoms with Crippen LogP contribution in [0.2, 0.25) is 0 Å². The molecule has 1 unspecified atom stereocenters. The lowest BCUT2D eigenvalue weighted by molar-refractivity contribution is -0.123. The first-order valence-electron chi connectivity index (χ1n) is 6.32. The number of nitrogens with two attached hydrogens (primary N) is 1. The van der Waals surface area contributed by atoms with Crippen molar-refractivity contribution < 1.29 is 19.1 Å². The van der Waals surface area contributed by atoms with E-state index in [2.05, 4.69) is 5.32 Å². The Hall–Kier alpha value is -2.31. The molecule has 1 aromatic rings. The van der Waals surface area contributed by atoms with Gasteiger partial charge in [0.2, 0.25) is 5.91 Å². The molecule has 1 atom stereocenters. The van der Waals surface area contributed by atoms with E-state index >= 15 is 0 Å². The molecule has 7 heteroatoms. The third-order valence-corrected chi connectivity index (χ3v) is 3.38. The molecule has 1 aromatic carbocycles. The van der Waals surface area contributed by atoms with Crippen molar-refractivity contribution in [2.75, 3.05) is 23.7 Å². The lowest BCUT2D eigenvalue weighted by Gasteiger charge is -2.36. The number of piperazine rings is 1. The summed E-state index contributed by atoms with van der Waals surface area (Å²) in [5.41, 5.74) is 5.30. The molecule has 1 amide bonds. The fourth-order valence-corrected chi connectivity index (χ4v) is 2.39. The predicted molar refractivity (Wildman–Crippen MR) is 72.2 cm³/mol. The molecule has 0 radical (unpaired) electrons. The van der Waals surface area contributed by atoms with E-state index in [-0.39, 0.29) is 22.8 Å². The number of benzene rings is 1. The third-order valence-electron chi connectivity index (χ3n) is 3.38. The Kier molecular flexibility index (Phi) is 3.78. The molecule has 0 saturated carbocycles. The summed E-state index contributed by atoms with van der Waals surface area (Å²) in [6, 6.07) is 1.66. The number of carboxylic acids is 1. The molecule has 1 heterocycles. The number of nitrogens with one attached hydrogen (secondary N) is 1. The first-order valence-corrected chi connectivity index (χ1v) is 6.32. The van der Waals surface area contributed by atoms with Crippen LogP contribution in [0.1, 0.15) is 23.7 Å². The molecule has 0 spiro atoms. The van der Waals surface area contributed by atoms with Gasteiger partial charge in [-0.1, -0.05) is 6.92 Å². The van der Waals surface area contributed by atoms with Gasteiger partial charge in [-0.25, -0.2) is 9.18 Å². The lowest BCUT2D eigenvalue weighted by Crippen LogP contribution is -2.55. The van der Waals surface area contributed by atoms with Crippen LogP contribution in [-0.4, -0.2) is 36.1 Å². The van der Waals surface area contributed by atoms with E-state index in [1.165, 1.54) is 6.07 Å². The first kappa shape index (κ1) is 14.1. The molecule has 0 bridgehead atoms. The summed E-state index contributed by atoms with van der Waals surface area (Å²) in [7, 11) is 0. The first-order chi connectivity index (χ1) is 9.45. The van der Waals surface area contributed by atoms with E-state index < -0.39 is 17.8 Å². The summed E-state index contributed by atoms with van der Waals surface area (Å²) in [5.74, 6) is -2.04. The van der Waals surface area contributed by atoms with Gasteiger partial charge in [0, 0.05) is 18.8 Å². The van der Waals surface area contributed by atoms with Gasteiger partial charge >= 0.3 is 5.97 Å². The van der Waals surface area contributed by atoms with Crippen LogP contribution in [0, 0.1) is 5.82 Å². The number of carbonyl (C=O) groups is 2. The number of halogens is 1. The average Bonchev–Trinajstić information content (AvgIpc) is 2.38. The molecule has 6 nitrogen and oxygen atoms in total. The Morgan fingerprint density at radius 2 is 2.30 bits per heavy atom. The molecule has 1 aliphatic heterocycles. The van der Waals surface area contributed by atoms with Crippen molar-refractivity contribution in [3.8, 4) is 0 Å². The minimum Gasteiger partial charge on any atom is -0.478 e. The van der Waals surface area contributed by atoms with Crippen LogP contribution in [0.15, 0.2) is 12.1 Å². The standard InChI is InChI=1S/C13H16FN3O3/c1-2-10-12(18)16-3-4-17(10)11-5-7(13(19)20)9(15)6-8(11)14/h5-6,10H,2-4,15H2,1H3,(H,16,18)(H,19,20). The topological polar surface area (TPSA) is 95.7 Å². The maximum absolute atomic E-state index is 14.1. The van der Waals surface area contributed by atoms with Gasteiger partial charge in [0.05, 0.1) is 11.3 Å². The second kappa shape index (κ2) is 5.36. The molecule has 0 aromatic heterocycles. The summed E-state index contributed by atoms with van der Waals surface area (Å²) in [5, 5.41) is 11.8. The normalized spacial score (nSPS) is 18.8. The molecule has 0 aliphatic carbocycles. The monoisotopic (exact) mass is 281 g/mol. The summed E-state index contributed by atoms with van der Waals surface area (Å²) in [6.07, 6.45) is 0.498. The number of hydrogen-bond acceptors (Lipinski definition) is 4. The number of nitrogen functional groups attached to an aromatic ring is 1. The van der Waals surface area contributed by atoms with Crippen molar-refractivity contribution in [1.29, 1.82) is 0 Å². The molecule has 20 heavy (non-hydrogen) atoms. The minimum atomic E-state index is -1.22. The van der Waals surface area contributed by atoms with Crippen molar-refractivity contribution >= 4 is 23.3 Å². The Bertz CT molecular complexity index is 562. The highest BCUT2D eigenvalue weighted by Gasteiger charge is 2.30. The van der Waals surface area contributed by atoms with Gasteiger partial charge in [-0.3, -0.25) is 4.79 Å². The smallest absolute Gasteiger partial charge is 0.337 e. The van der Waals surface area contributed by atoms with Gasteiger partial charge in [-0.05, 0) is 18.6 Å². The van der Waals surface area contributed by atoms with Gasteiger partial charge < -0.3 is 21.1 Å². The molecule has 4 N–H and O–H groups in total. The molecular weight excluding hydrogens is 265 g/mol. The Morgan fingerprint density at radius 1 is 1.60 bits per heavy atom. The van der Waals surface area contributed by atoms with E-state index in [0.29, 0.717) is 19.5 Å². The number of hydrogen-bond donors (Lipinski definition) is 3. The van der Waals surface area contributed by atoms with Crippen LogP contribution < -0.4 is 16.0 Å². The van der Waals surface area contributed by atoms with Crippen LogP contribution >= 0.6 is 0 Å². The van der Waals surface area contributed by atoms with Crippen LogP contribution in [-0.2, 0) is 4.79 Å². The molecule has 1 fully saturated rings. The van der Waals surface area contributed by atoms with Gasteiger partial charge in [-0.15, -0.1) is 0 Å². The Balaban J connectivity index is 2.48. The van der Waals surface area contributed by atoms with Gasteiger partial charge in [0.1, 0.15) is 11.9 Å². The fraction of sp³-hybridized carbons (Fsp3) is 0.385. The van der Waals surface area contributed by atoms with Crippen LogP contribution in [0.3, 0.4) is 0 Å². The minimum absolute atomic E-state index is 0.0956. The highest BCUT2D eigenvalue weighted by Crippen LogP contribution is 2.28. The summed E-state index contributed by atoms with van der Waals surface area (Å²) < 4.78 is 14.1. The zero-order chi connectivity index (χ0) is 14.9. The zero-order valence-corrected chi connectivity index (χ0v) is 11.0. The van der Waals surface area contributed by atoms with Gasteiger partial charge in [-0.2, -0.15) is 0 Å².